The number of aryl methyl sites for hydroxylation is 3. The summed E-state index contributed by atoms with van der Waals surface area (Å²) in [5.74, 6) is 0.315. The molecule has 0 saturated heterocycles. The van der Waals surface area contributed by atoms with Crippen LogP contribution in [0, 0.1) is 13.8 Å². The Kier molecular flexibility index (Phi) is 5.03. The minimum atomic E-state index is -0.612. The first-order valence-electron chi connectivity index (χ1n) is 8.39. The van der Waals surface area contributed by atoms with Gasteiger partial charge >= 0.3 is 11.4 Å². The van der Waals surface area contributed by atoms with E-state index in [0.717, 1.165) is 29.7 Å². The van der Waals surface area contributed by atoms with Crippen LogP contribution in [0.4, 0.5) is 0 Å². The minimum Gasteiger partial charge on any atom is -0.493 e. The van der Waals surface area contributed by atoms with E-state index in [1.54, 1.807) is 18.2 Å². The third kappa shape index (κ3) is 3.65. The van der Waals surface area contributed by atoms with Crippen LogP contribution in [0.15, 0.2) is 56.5 Å². The maximum absolute atomic E-state index is 12.0. The van der Waals surface area contributed by atoms with E-state index in [9.17, 15) is 9.59 Å². The van der Waals surface area contributed by atoms with Gasteiger partial charge in [0.05, 0.1) is 17.5 Å². The molecule has 0 N–H and O–H groups in total. The van der Waals surface area contributed by atoms with Crippen LogP contribution in [0.2, 0.25) is 0 Å². The van der Waals surface area contributed by atoms with Crippen molar-refractivity contribution in [1.82, 2.24) is 4.57 Å². The van der Waals surface area contributed by atoms with Crippen molar-refractivity contribution in [3.63, 3.8) is 0 Å². The molecule has 0 atom stereocenters. The molecule has 1 aromatic heterocycles. The van der Waals surface area contributed by atoms with E-state index in [0.29, 0.717) is 24.1 Å². The van der Waals surface area contributed by atoms with Crippen LogP contribution in [-0.2, 0) is 6.54 Å². The molecule has 0 radical (unpaired) electrons. The zero-order valence-corrected chi connectivity index (χ0v) is 14.5. The fourth-order valence-electron chi connectivity index (χ4n) is 2.95. The summed E-state index contributed by atoms with van der Waals surface area (Å²) in [6, 6.07) is 13.1. The summed E-state index contributed by atoms with van der Waals surface area (Å²) in [5.41, 5.74) is 2.26. The first-order chi connectivity index (χ1) is 12.1. The van der Waals surface area contributed by atoms with E-state index in [-0.39, 0.29) is 0 Å². The topological polar surface area (TPSA) is 61.4 Å². The Morgan fingerprint density at radius 1 is 0.960 bits per heavy atom. The first kappa shape index (κ1) is 17.0. The van der Waals surface area contributed by atoms with E-state index in [2.05, 4.69) is 0 Å². The quantitative estimate of drug-likeness (QED) is 0.646. The lowest BCUT2D eigenvalue weighted by atomic mass is 10.1. The van der Waals surface area contributed by atoms with Gasteiger partial charge in [-0.3, -0.25) is 4.57 Å². The number of ether oxygens (including phenoxy) is 1. The molecule has 0 fully saturated rings. The number of hydrogen-bond donors (Lipinski definition) is 0. The first-order valence-corrected chi connectivity index (χ1v) is 8.39. The van der Waals surface area contributed by atoms with Crippen LogP contribution in [0.1, 0.15) is 24.0 Å². The molecule has 0 aliphatic rings. The van der Waals surface area contributed by atoms with E-state index in [1.165, 1.54) is 4.57 Å². The van der Waals surface area contributed by atoms with Crippen LogP contribution in [0.3, 0.4) is 0 Å². The summed E-state index contributed by atoms with van der Waals surface area (Å²) in [6.07, 6.45) is 1.55. The fourth-order valence-corrected chi connectivity index (χ4v) is 2.95. The molecular weight excluding hydrogens is 318 g/mol. The molecule has 0 aliphatic carbocycles. The number of fused-ring (bicyclic) bond motifs is 1. The van der Waals surface area contributed by atoms with Crippen LogP contribution < -0.4 is 16.1 Å². The van der Waals surface area contributed by atoms with Crippen LogP contribution in [0.25, 0.3) is 10.9 Å². The van der Waals surface area contributed by atoms with Gasteiger partial charge in [0.25, 0.3) is 0 Å². The average Bonchev–Trinajstić information content (AvgIpc) is 2.59. The maximum atomic E-state index is 12.0. The molecule has 1 heterocycles. The lowest BCUT2D eigenvalue weighted by molar-refractivity contribution is 0.297. The monoisotopic (exact) mass is 339 g/mol. The molecule has 0 aliphatic heterocycles. The predicted molar refractivity (Wildman–Crippen MR) is 97.4 cm³/mol. The van der Waals surface area contributed by atoms with E-state index < -0.39 is 11.4 Å². The molecule has 0 bridgehead atoms. The summed E-state index contributed by atoms with van der Waals surface area (Å²) in [6.45, 7) is 5.12. The molecule has 5 nitrogen and oxygen atoms in total. The summed E-state index contributed by atoms with van der Waals surface area (Å²) >= 11 is 0. The molecular formula is C20H21NO4. The van der Waals surface area contributed by atoms with Gasteiger partial charge in [-0.05, 0) is 49.9 Å². The van der Waals surface area contributed by atoms with Gasteiger partial charge in [-0.2, -0.15) is 0 Å². The predicted octanol–water partition coefficient (Wildman–Crippen LogP) is 3.43. The molecule has 3 rings (SSSR count). The molecule has 0 unspecified atom stereocenters. The van der Waals surface area contributed by atoms with E-state index in [1.807, 2.05) is 38.1 Å². The van der Waals surface area contributed by atoms with Gasteiger partial charge in [-0.15, -0.1) is 0 Å². The number of aromatic nitrogens is 1. The number of hydrogen-bond acceptors (Lipinski definition) is 4. The van der Waals surface area contributed by atoms with Gasteiger partial charge in [0.15, 0.2) is 0 Å². The second-order valence-electron chi connectivity index (χ2n) is 6.10. The van der Waals surface area contributed by atoms with Crippen LogP contribution in [-0.4, -0.2) is 11.2 Å². The van der Waals surface area contributed by atoms with Gasteiger partial charge in [-0.25, -0.2) is 9.59 Å². The minimum absolute atomic E-state index is 0.425. The number of nitrogens with zero attached hydrogens (tertiary/aromatic N) is 1. The lowest BCUT2D eigenvalue weighted by Crippen LogP contribution is -2.25. The highest BCUT2D eigenvalue weighted by Gasteiger charge is 2.08. The summed E-state index contributed by atoms with van der Waals surface area (Å²) in [4.78, 5) is 23.7. The molecule has 25 heavy (non-hydrogen) atoms. The zero-order valence-electron chi connectivity index (χ0n) is 14.5. The largest absolute Gasteiger partial charge is 0.493 e. The van der Waals surface area contributed by atoms with Crippen molar-refractivity contribution in [3.8, 4) is 5.75 Å². The van der Waals surface area contributed by atoms with Crippen molar-refractivity contribution in [3.05, 3.63) is 74.6 Å². The number of benzene rings is 2. The van der Waals surface area contributed by atoms with Crippen molar-refractivity contribution >= 4 is 10.9 Å². The summed E-state index contributed by atoms with van der Waals surface area (Å²) in [5, 5.41) is 0.425. The number of para-hydroxylation sites is 2. The Hall–Kier alpha value is -2.82. The molecule has 5 heteroatoms. The smallest absolute Gasteiger partial charge is 0.422 e. The van der Waals surface area contributed by atoms with Crippen LogP contribution >= 0.6 is 0 Å². The Morgan fingerprint density at radius 2 is 1.68 bits per heavy atom. The third-order valence-electron chi connectivity index (χ3n) is 4.25. The van der Waals surface area contributed by atoms with Crippen molar-refractivity contribution in [2.45, 2.75) is 33.2 Å². The van der Waals surface area contributed by atoms with Crippen molar-refractivity contribution in [2.75, 3.05) is 6.61 Å². The lowest BCUT2D eigenvalue weighted by Gasteiger charge is -2.12. The highest BCUT2D eigenvalue weighted by atomic mass is 16.5. The van der Waals surface area contributed by atoms with Gasteiger partial charge in [0.1, 0.15) is 5.75 Å². The van der Waals surface area contributed by atoms with Crippen LogP contribution in [0.5, 0.6) is 5.75 Å². The maximum Gasteiger partial charge on any atom is 0.422 e. The molecule has 3 aromatic rings. The molecule has 2 aromatic carbocycles. The van der Waals surface area contributed by atoms with Gasteiger partial charge in [-0.1, -0.05) is 30.3 Å². The van der Waals surface area contributed by atoms with Crippen molar-refractivity contribution in [2.24, 2.45) is 0 Å². The van der Waals surface area contributed by atoms with Crippen molar-refractivity contribution < 1.29 is 9.15 Å². The molecule has 130 valence electrons. The SMILES string of the molecule is Cc1cccc(C)c1OCCCCn1c(=O)oc(=O)c2ccccc21. The molecule has 0 amide bonds. The summed E-state index contributed by atoms with van der Waals surface area (Å²) < 4.78 is 12.2. The standard InChI is InChI=1S/C20H21NO4/c1-14-8-7-9-15(2)18(14)24-13-6-5-12-21-17-11-4-3-10-16(17)19(22)25-20(21)23/h3-4,7-11H,5-6,12-13H2,1-2H3. The van der Waals surface area contributed by atoms with E-state index >= 15 is 0 Å². The summed E-state index contributed by atoms with van der Waals surface area (Å²) in [7, 11) is 0. The number of unbranched alkanes of at least 4 members (excludes halogenated alkanes) is 1. The Morgan fingerprint density at radius 3 is 2.44 bits per heavy atom. The second-order valence-corrected chi connectivity index (χ2v) is 6.10. The Balaban J connectivity index is 1.64. The molecule has 0 spiro atoms. The van der Waals surface area contributed by atoms with Crippen molar-refractivity contribution in [1.29, 1.82) is 0 Å². The zero-order chi connectivity index (χ0) is 17.8. The third-order valence-corrected chi connectivity index (χ3v) is 4.25. The highest BCUT2D eigenvalue weighted by Crippen LogP contribution is 2.22. The average molecular weight is 339 g/mol. The Labute approximate surface area is 145 Å². The second kappa shape index (κ2) is 7.38. The normalized spacial score (nSPS) is 11.0. The van der Waals surface area contributed by atoms with Gasteiger partial charge < -0.3 is 9.15 Å². The highest BCUT2D eigenvalue weighted by molar-refractivity contribution is 5.77. The number of rotatable bonds is 6. The molecule has 0 saturated carbocycles. The Bertz CT molecular complexity index is 980. The fraction of sp³-hybridized carbons (Fsp3) is 0.300. The van der Waals surface area contributed by atoms with E-state index in [4.69, 9.17) is 9.15 Å². The van der Waals surface area contributed by atoms with Gasteiger partial charge in [0, 0.05) is 6.54 Å². The van der Waals surface area contributed by atoms with Gasteiger partial charge in [0.2, 0.25) is 0 Å².